The number of rotatable bonds is 6. The first-order chi connectivity index (χ1) is 13.1. The summed E-state index contributed by atoms with van der Waals surface area (Å²) in [5.41, 5.74) is 0.512. The van der Waals surface area contributed by atoms with E-state index in [1.807, 2.05) is 0 Å². The Morgan fingerprint density at radius 2 is 2.07 bits per heavy atom. The van der Waals surface area contributed by atoms with Gasteiger partial charge in [0.15, 0.2) is 4.80 Å². The van der Waals surface area contributed by atoms with Crippen molar-refractivity contribution in [1.82, 2.24) is 9.55 Å². The van der Waals surface area contributed by atoms with Crippen LogP contribution in [0, 0.1) is 0 Å². The van der Waals surface area contributed by atoms with E-state index in [0.717, 1.165) is 0 Å². The first-order valence-corrected chi connectivity index (χ1v) is 9.72. The Bertz CT molecular complexity index is 1070. The number of esters is 1. The van der Waals surface area contributed by atoms with Crippen molar-refractivity contribution >= 4 is 44.8 Å². The Kier molecular flexibility index (Phi) is 6.36. The van der Waals surface area contributed by atoms with Gasteiger partial charge in [0.2, 0.25) is 0 Å². The average molecular weight is 404 g/mol. The third kappa shape index (κ3) is 4.81. The Morgan fingerprint density at radius 3 is 2.81 bits per heavy atom. The third-order valence-corrected chi connectivity index (χ3v) is 5.05. The molecule has 0 spiro atoms. The second-order valence-corrected chi connectivity index (χ2v) is 7.09. The maximum atomic E-state index is 12.9. The second kappa shape index (κ2) is 8.92. The molecule has 0 N–H and O–H groups in total. The Balaban J connectivity index is 2.03. The molecule has 6 nitrogen and oxygen atoms in total. The summed E-state index contributed by atoms with van der Waals surface area (Å²) in [7, 11) is 0. The lowest BCUT2D eigenvalue weighted by Gasteiger charge is -2.08. The minimum Gasteiger partial charge on any atom is -0.466 e. The summed E-state index contributed by atoms with van der Waals surface area (Å²) in [5.74, 6) is -0.270. The molecule has 0 bridgehead atoms. The molecule has 2 heterocycles. The van der Waals surface area contributed by atoms with Crippen LogP contribution in [0.4, 0.5) is 5.69 Å². The van der Waals surface area contributed by atoms with E-state index in [-0.39, 0.29) is 17.9 Å². The number of aromatic nitrogens is 2. The van der Waals surface area contributed by atoms with E-state index in [0.29, 0.717) is 45.3 Å². The smallest absolute Gasteiger partial charge is 0.305 e. The van der Waals surface area contributed by atoms with Crippen LogP contribution < -0.4 is 10.4 Å². The third-order valence-electron chi connectivity index (χ3n) is 3.78. The van der Waals surface area contributed by atoms with Gasteiger partial charge < -0.3 is 4.74 Å². The monoisotopic (exact) mass is 403 g/mol. The molecule has 0 fully saturated rings. The number of fused-ring (bicyclic) bond motifs is 1. The van der Waals surface area contributed by atoms with Gasteiger partial charge in [-0.15, -0.1) is 0 Å². The molecule has 0 saturated heterocycles. The SMILES string of the molecule is CCOC(=O)CCCn1c(=O)c2cccnc2s/c1=N\c1ccc(Cl)cc1. The van der Waals surface area contributed by atoms with Crippen LogP contribution in [0.25, 0.3) is 10.2 Å². The van der Waals surface area contributed by atoms with E-state index in [2.05, 4.69) is 9.98 Å². The molecule has 3 rings (SSSR count). The fourth-order valence-corrected chi connectivity index (χ4v) is 3.64. The minimum atomic E-state index is -0.270. The fraction of sp³-hybridized carbons (Fsp3) is 0.263. The van der Waals surface area contributed by atoms with Crippen molar-refractivity contribution in [3.8, 4) is 0 Å². The van der Waals surface area contributed by atoms with Gasteiger partial charge in [-0.1, -0.05) is 22.9 Å². The van der Waals surface area contributed by atoms with Crippen molar-refractivity contribution in [3.05, 3.63) is 62.8 Å². The lowest BCUT2D eigenvalue weighted by molar-refractivity contribution is -0.143. The summed E-state index contributed by atoms with van der Waals surface area (Å²) >= 11 is 7.26. The van der Waals surface area contributed by atoms with Crippen LogP contribution in [-0.4, -0.2) is 22.1 Å². The maximum Gasteiger partial charge on any atom is 0.305 e. The van der Waals surface area contributed by atoms with E-state index >= 15 is 0 Å². The average Bonchev–Trinajstić information content (AvgIpc) is 2.66. The molecule has 3 aromatic rings. The molecular formula is C19H18ClN3O3S. The molecule has 0 aliphatic heterocycles. The van der Waals surface area contributed by atoms with Gasteiger partial charge in [0.05, 0.1) is 17.7 Å². The highest BCUT2D eigenvalue weighted by atomic mass is 35.5. The molecule has 1 aromatic carbocycles. The Labute approximate surface area is 164 Å². The summed E-state index contributed by atoms with van der Waals surface area (Å²) < 4.78 is 6.53. The molecule has 0 unspecified atom stereocenters. The van der Waals surface area contributed by atoms with Gasteiger partial charge in [0.1, 0.15) is 4.83 Å². The molecule has 0 atom stereocenters. The highest BCUT2D eigenvalue weighted by molar-refractivity contribution is 7.15. The quantitative estimate of drug-likeness (QED) is 0.588. The minimum absolute atomic E-state index is 0.173. The van der Waals surface area contributed by atoms with Crippen molar-refractivity contribution < 1.29 is 9.53 Å². The molecule has 140 valence electrons. The number of nitrogens with zero attached hydrogens (tertiary/aromatic N) is 3. The van der Waals surface area contributed by atoms with Gasteiger partial charge in [-0.2, -0.15) is 0 Å². The van der Waals surface area contributed by atoms with Gasteiger partial charge in [0, 0.05) is 24.2 Å². The molecule has 0 aliphatic rings. The highest BCUT2D eigenvalue weighted by Gasteiger charge is 2.09. The zero-order valence-corrected chi connectivity index (χ0v) is 16.3. The van der Waals surface area contributed by atoms with Crippen molar-refractivity contribution in [3.63, 3.8) is 0 Å². The van der Waals surface area contributed by atoms with Gasteiger partial charge >= 0.3 is 5.97 Å². The number of halogens is 1. The number of ether oxygens (including phenoxy) is 1. The molecule has 0 aliphatic carbocycles. The van der Waals surface area contributed by atoms with E-state index in [1.165, 1.54) is 11.3 Å². The van der Waals surface area contributed by atoms with Crippen molar-refractivity contribution in [2.24, 2.45) is 4.99 Å². The van der Waals surface area contributed by atoms with Crippen LogP contribution in [0.3, 0.4) is 0 Å². The summed E-state index contributed by atoms with van der Waals surface area (Å²) in [6.07, 6.45) is 2.38. The van der Waals surface area contributed by atoms with Crippen LogP contribution in [0.15, 0.2) is 52.4 Å². The van der Waals surface area contributed by atoms with Crippen LogP contribution in [0.2, 0.25) is 5.02 Å². The van der Waals surface area contributed by atoms with Crippen LogP contribution >= 0.6 is 22.9 Å². The number of benzene rings is 1. The van der Waals surface area contributed by atoms with Crippen molar-refractivity contribution in [2.45, 2.75) is 26.3 Å². The summed E-state index contributed by atoms with van der Waals surface area (Å²) in [5, 5.41) is 1.15. The molecule has 2 aromatic heterocycles. The van der Waals surface area contributed by atoms with E-state index in [9.17, 15) is 9.59 Å². The summed E-state index contributed by atoms with van der Waals surface area (Å²) in [6.45, 7) is 2.48. The predicted molar refractivity (Wildman–Crippen MR) is 106 cm³/mol. The lowest BCUT2D eigenvalue weighted by atomic mass is 10.3. The number of carbonyl (C=O) groups is 1. The summed E-state index contributed by atoms with van der Waals surface area (Å²) in [6, 6.07) is 10.5. The molecule has 27 heavy (non-hydrogen) atoms. The van der Waals surface area contributed by atoms with E-state index in [4.69, 9.17) is 16.3 Å². The van der Waals surface area contributed by atoms with Gasteiger partial charge in [-0.3, -0.25) is 14.2 Å². The van der Waals surface area contributed by atoms with Crippen LogP contribution in [-0.2, 0) is 16.1 Å². The first-order valence-electron chi connectivity index (χ1n) is 8.53. The topological polar surface area (TPSA) is 73.5 Å². The van der Waals surface area contributed by atoms with Gasteiger partial charge in [-0.25, -0.2) is 9.98 Å². The number of hydrogen-bond donors (Lipinski definition) is 0. The zero-order chi connectivity index (χ0) is 19.2. The highest BCUT2D eigenvalue weighted by Crippen LogP contribution is 2.16. The predicted octanol–water partition coefficient (Wildman–Crippen LogP) is 3.69. The molecule has 0 saturated carbocycles. The largest absolute Gasteiger partial charge is 0.466 e. The second-order valence-electron chi connectivity index (χ2n) is 5.69. The maximum absolute atomic E-state index is 12.9. The Morgan fingerprint density at radius 1 is 1.30 bits per heavy atom. The number of pyridine rings is 1. The zero-order valence-electron chi connectivity index (χ0n) is 14.7. The number of hydrogen-bond acceptors (Lipinski definition) is 6. The fourth-order valence-electron chi connectivity index (χ4n) is 2.53. The van der Waals surface area contributed by atoms with Crippen molar-refractivity contribution in [1.29, 1.82) is 0 Å². The van der Waals surface area contributed by atoms with Crippen LogP contribution in [0.1, 0.15) is 19.8 Å². The van der Waals surface area contributed by atoms with Gasteiger partial charge in [0.25, 0.3) is 5.56 Å². The molecular weight excluding hydrogens is 386 g/mol. The number of carbonyl (C=O) groups excluding carboxylic acids is 1. The Hall–Kier alpha value is -2.51. The lowest BCUT2D eigenvalue weighted by Crippen LogP contribution is -2.32. The van der Waals surface area contributed by atoms with E-state index < -0.39 is 0 Å². The van der Waals surface area contributed by atoms with Crippen molar-refractivity contribution in [2.75, 3.05) is 6.61 Å². The molecule has 8 heteroatoms. The normalized spacial score (nSPS) is 11.7. The molecule has 0 radical (unpaired) electrons. The summed E-state index contributed by atoms with van der Waals surface area (Å²) in [4.78, 5) is 34.5. The van der Waals surface area contributed by atoms with E-state index in [1.54, 1.807) is 54.1 Å². The van der Waals surface area contributed by atoms with Gasteiger partial charge in [-0.05, 0) is 49.7 Å². The standard InChI is InChI=1S/C19H18ClN3O3S/c1-2-26-16(24)6-4-12-23-18(25)15-5-3-11-21-17(15)27-19(23)22-14-9-7-13(20)8-10-14/h3,5,7-11H,2,4,6,12H2,1H3/b22-19-. The molecule has 0 amide bonds. The first kappa shape index (κ1) is 19.3. The van der Waals surface area contributed by atoms with Crippen LogP contribution in [0.5, 0.6) is 0 Å².